The minimum atomic E-state index is 0.128. The maximum absolute atomic E-state index is 5.52. The Morgan fingerprint density at radius 1 is 1.33 bits per heavy atom. The van der Waals surface area contributed by atoms with Crippen molar-refractivity contribution in [1.82, 2.24) is 14.9 Å². The average molecular weight is 252 g/mol. The van der Waals surface area contributed by atoms with Crippen molar-refractivity contribution in [1.29, 1.82) is 0 Å². The minimum absolute atomic E-state index is 0.128. The van der Waals surface area contributed by atoms with Gasteiger partial charge < -0.3 is 15.0 Å². The SMILES string of the molecule is CCN(CC)CCNc1nccc(OC(C)C)n1. The van der Waals surface area contributed by atoms with Crippen molar-refractivity contribution in [3.8, 4) is 5.88 Å². The number of hydrogen-bond donors (Lipinski definition) is 1. The summed E-state index contributed by atoms with van der Waals surface area (Å²) in [6.07, 6.45) is 1.84. The second kappa shape index (κ2) is 7.87. The van der Waals surface area contributed by atoms with E-state index in [2.05, 4.69) is 34.0 Å². The predicted molar refractivity (Wildman–Crippen MR) is 74.1 cm³/mol. The van der Waals surface area contributed by atoms with Gasteiger partial charge in [-0.25, -0.2) is 4.98 Å². The van der Waals surface area contributed by atoms with E-state index in [9.17, 15) is 0 Å². The van der Waals surface area contributed by atoms with Crippen LogP contribution in [0.5, 0.6) is 5.88 Å². The van der Waals surface area contributed by atoms with Gasteiger partial charge in [-0.1, -0.05) is 13.8 Å². The van der Waals surface area contributed by atoms with Gasteiger partial charge in [-0.2, -0.15) is 4.98 Å². The first-order chi connectivity index (χ1) is 8.65. The highest BCUT2D eigenvalue weighted by atomic mass is 16.5. The Morgan fingerprint density at radius 3 is 2.67 bits per heavy atom. The van der Waals surface area contributed by atoms with Crippen molar-refractivity contribution in [3.63, 3.8) is 0 Å². The lowest BCUT2D eigenvalue weighted by Gasteiger charge is -2.18. The molecule has 1 rings (SSSR count). The Bertz CT molecular complexity index is 340. The van der Waals surface area contributed by atoms with E-state index >= 15 is 0 Å². The third-order valence-corrected chi connectivity index (χ3v) is 2.59. The molecule has 0 unspecified atom stereocenters. The summed E-state index contributed by atoms with van der Waals surface area (Å²) < 4.78 is 5.52. The van der Waals surface area contributed by atoms with Crippen molar-refractivity contribution in [2.45, 2.75) is 33.8 Å². The largest absolute Gasteiger partial charge is 0.475 e. The molecule has 102 valence electrons. The summed E-state index contributed by atoms with van der Waals surface area (Å²) in [6.45, 7) is 12.3. The van der Waals surface area contributed by atoms with Gasteiger partial charge in [0.15, 0.2) is 0 Å². The van der Waals surface area contributed by atoms with Gasteiger partial charge in [-0.05, 0) is 26.9 Å². The number of nitrogens with one attached hydrogen (secondary N) is 1. The smallest absolute Gasteiger partial charge is 0.225 e. The highest BCUT2D eigenvalue weighted by Crippen LogP contribution is 2.09. The molecule has 5 heteroatoms. The normalized spacial score (nSPS) is 11.0. The van der Waals surface area contributed by atoms with Gasteiger partial charge in [0.25, 0.3) is 0 Å². The number of anilines is 1. The summed E-state index contributed by atoms with van der Waals surface area (Å²) in [5.41, 5.74) is 0. The molecule has 0 atom stereocenters. The van der Waals surface area contributed by atoms with Crippen LogP contribution in [-0.4, -0.2) is 47.2 Å². The van der Waals surface area contributed by atoms with Crippen LogP contribution in [0.4, 0.5) is 5.95 Å². The Balaban J connectivity index is 2.42. The van der Waals surface area contributed by atoms with Gasteiger partial charge in [0.1, 0.15) is 0 Å². The fourth-order valence-electron chi connectivity index (χ4n) is 1.60. The van der Waals surface area contributed by atoms with E-state index in [1.807, 2.05) is 13.8 Å². The summed E-state index contributed by atoms with van der Waals surface area (Å²) in [4.78, 5) is 10.8. The molecule has 0 saturated heterocycles. The van der Waals surface area contributed by atoms with E-state index < -0.39 is 0 Å². The van der Waals surface area contributed by atoms with Crippen LogP contribution in [0.1, 0.15) is 27.7 Å². The first-order valence-electron chi connectivity index (χ1n) is 6.61. The summed E-state index contributed by atoms with van der Waals surface area (Å²) in [6, 6.07) is 1.77. The maximum Gasteiger partial charge on any atom is 0.225 e. The Kier molecular flexibility index (Phi) is 6.43. The quantitative estimate of drug-likeness (QED) is 0.767. The Morgan fingerprint density at radius 2 is 2.06 bits per heavy atom. The van der Waals surface area contributed by atoms with Crippen LogP contribution in [0, 0.1) is 0 Å². The molecule has 0 aliphatic heterocycles. The summed E-state index contributed by atoms with van der Waals surface area (Å²) in [7, 11) is 0. The number of likely N-dealkylation sites (N-methyl/N-ethyl adjacent to an activating group) is 1. The van der Waals surface area contributed by atoms with E-state index in [0.29, 0.717) is 11.8 Å². The van der Waals surface area contributed by atoms with Crippen LogP contribution in [-0.2, 0) is 0 Å². The molecule has 0 aromatic carbocycles. The maximum atomic E-state index is 5.52. The molecule has 1 heterocycles. The fraction of sp³-hybridized carbons (Fsp3) is 0.692. The second-order valence-electron chi connectivity index (χ2n) is 4.34. The number of rotatable bonds is 8. The molecule has 0 amide bonds. The zero-order chi connectivity index (χ0) is 13.4. The van der Waals surface area contributed by atoms with Crippen LogP contribution in [0.25, 0.3) is 0 Å². The third-order valence-electron chi connectivity index (χ3n) is 2.59. The van der Waals surface area contributed by atoms with Crippen LogP contribution in [0.2, 0.25) is 0 Å². The standard InChI is InChI=1S/C13H24N4O/c1-5-17(6-2)10-9-15-13-14-8-7-12(16-13)18-11(3)4/h7-8,11H,5-6,9-10H2,1-4H3,(H,14,15,16). The molecule has 5 nitrogen and oxygen atoms in total. The molecule has 0 bridgehead atoms. The first-order valence-corrected chi connectivity index (χ1v) is 6.61. The van der Waals surface area contributed by atoms with Crippen molar-refractivity contribution in [3.05, 3.63) is 12.3 Å². The predicted octanol–water partition coefficient (Wildman–Crippen LogP) is 2.02. The number of ether oxygens (including phenoxy) is 1. The molecule has 0 saturated carbocycles. The zero-order valence-corrected chi connectivity index (χ0v) is 11.8. The molecule has 0 aliphatic carbocycles. The van der Waals surface area contributed by atoms with E-state index in [4.69, 9.17) is 4.74 Å². The molecule has 18 heavy (non-hydrogen) atoms. The molecule has 0 radical (unpaired) electrons. The van der Waals surface area contributed by atoms with Gasteiger partial charge in [-0.3, -0.25) is 0 Å². The first kappa shape index (κ1) is 14.7. The highest BCUT2D eigenvalue weighted by Gasteiger charge is 2.03. The highest BCUT2D eigenvalue weighted by molar-refractivity contribution is 5.27. The molecule has 1 N–H and O–H groups in total. The van der Waals surface area contributed by atoms with E-state index in [0.717, 1.165) is 26.2 Å². The molecule has 1 aromatic heterocycles. The lowest BCUT2D eigenvalue weighted by Crippen LogP contribution is -2.29. The molecule has 1 aromatic rings. The lowest BCUT2D eigenvalue weighted by atomic mass is 10.4. The molecular weight excluding hydrogens is 228 g/mol. The minimum Gasteiger partial charge on any atom is -0.475 e. The summed E-state index contributed by atoms with van der Waals surface area (Å²) in [5, 5.41) is 3.21. The molecule has 0 aliphatic rings. The molecular formula is C13H24N4O. The second-order valence-corrected chi connectivity index (χ2v) is 4.34. The van der Waals surface area contributed by atoms with E-state index in [1.54, 1.807) is 12.3 Å². The van der Waals surface area contributed by atoms with E-state index in [1.165, 1.54) is 0 Å². The van der Waals surface area contributed by atoms with Crippen molar-refractivity contribution >= 4 is 5.95 Å². The average Bonchev–Trinajstić information content (AvgIpc) is 2.34. The summed E-state index contributed by atoms with van der Waals surface area (Å²) in [5.74, 6) is 1.24. The topological polar surface area (TPSA) is 50.3 Å². The lowest BCUT2D eigenvalue weighted by molar-refractivity contribution is 0.232. The van der Waals surface area contributed by atoms with Crippen LogP contribution in [0.3, 0.4) is 0 Å². The van der Waals surface area contributed by atoms with Crippen molar-refractivity contribution in [2.75, 3.05) is 31.5 Å². The third kappa shape index (κ3) is 5.31. The van der Waals surface area contributed by atoms with Gasteiger partial charge in [-0.15, -0.1) is 0 Å². The van der Waals surface area contributed by atoms with Gasteiger partial charge in [0.2, 0.25) is 11.8 Å². The van der Waals surface area contributed by atoms with Crippen molar-refractivity contribution in [2.24, 2.45) is 0 Å². The van der Waals surface area contributed by atoms with Gasteiger partial charge in [0, 0.05) is 25.4 Å². The van der Waals surface area contributed by atoms with Crippen LogP contribution >= 0.6 is 0 Å². The fourth-order valence-corrected chi connectivity index (χ4v) is 1.60. The number of nitrogens with zero attached hydrogens (tertiary/aromatic N) is 3. The van der Waals surface area contributed by atoms with Gasteiger partial charge in [0.05, 0.1) is 6.10 Å². The molecule has 0 spiro atoms. The zero-order valence-electron chi connectivity index (χ0n) is 11.8. The van der Waals surface area contributed by atoms with Crippen LogP contribution in [0.15, 0.2) is 12.3 Å². The number of hydrogen-bond acceptors (Lipinski definition) is 5. The van der Waals surface area contributed by atoms with Crippen LogP contribution < -0.4 is 10.1 Å². The Labute approximate surface area is 110 Å². The monoisotopic (exact) mass is 252 g/mol. The molecule has 0 fully saturated rings. The van der Waals surface area contributed by atoms with Gasteiger partial charge >= 0.3 is 0 Å². The Hall–Kier alpha value is -1.36. The summed E-state index contributed by atoms with van der Waals surface area (Å²) >= 11 is 0. The van der Waals surface area contributed by atoms with E-state index in [-0.39, 0.29) is 6.10 Å². The number of aromatic nitrogens is 2. The van der Waals surface area contributed by atoms with Crippen molar-refractivity contribution < 1.29 is 4.74 Å².